The number of aliphatic hydroxyl groups is 1. The molecule has 5 heteroatoms. The van der Waals surface area contributed by atoms with E-state index in [0.29, 0.717) is 12.8 Å². The van der Waals surface area contributed by atoms with E-state index in [1.54, 1.807) is 0 Å². The van der Waals surface area contributed by atoms with Crippen LogP contribution in [-0.2, 0) is 19.1 Å². The van der Waals surface area contributed by atoms with Gasteiger partial charge in [0, 0.05) is 12.8 Å². The Morgan fingerprint density at radius 2 is 0.537 bits per heavy atom. The lowest BCUT2D eigenvalue weighted by atomic mass is 10.0. The Bertz CT molecular complexity index is 1680. The number of hydrogen-bond donors (Lipinski definition) is 1. The summed E-state index contributed by atoms with van der Waals surface area (Å²) in [6.07, 6.45) is 104. The van der Waals surface area contributed by atoms with Gasteiger partial charge in [0.05, 0.1) is 6.61 Å². The predicted octanol–water partition coefficient (Wildman–Crippen LogP) is 23.3. The van der Waals surface area contributed by atoms with Gasteiger partial charge in [0.2, 0.25) is 0 Å². The zero-order valence-electron chi connectivity index (χ0n) is 52.0. The zero-order valence-corrected chi connectivity index (χ0v) is 52.0. The molecule has 0 radical (unpaired) electrons. The Kier molecular flexibility index (Phi) is 65.4. The summed E-state index contributed by atoms with van der Waals surface area (Å²) in [7, 11) is 0. The fourth-order valence-corrected chi connectivity index (χ4v) is 9.14. The number of rotatable bonds is 60. The third-order valence-corrected chi connectivity index (χ3v) is 14.1. The molecule has 0 saturated carbocycles. The Morgan fingerprint density at radius 3 is 0.825 bits per heavy atom. The summed E-state index contributed by atoms with van der Waals surface area (Å²) in [4.78, 5) is 24.6. The lowest BCUT2D eigenvalue weighted by Gasteiger charge is -2.15. The Labute approximate surface area is 495 Å². The van der Waals surface area contributed by atoms with Gasteiger partial charge in [0.1, 0.15) is 6.61 Å². The van der Waals surface area contributed by atoms with Crippen molar-refractivity contribution in [3.05, 3.63) is 146 Å². The van der Waals surface area contributed by atoms with Crippen molar-refractivity contribution in [2.75, 3.05) is 13.2 Å². The van der Waals surface area contributed by atoms with Crippen LogP contribution in [0.25, 0.3) is 0 Å². The second kappa shape index (κ2) is 69.1. The topological polar surface area (TPSA) is 72.8 Å². The maximum atomic E-state index is 12.3. The van der Waals surface area contributed by atoms with Crippen molar-refractivity contribution in [1.29, 1.82) is 0 Å². The van der Waals surface area contributed by atoms with E-state index >= 15 is 0 Å². The summed E-state index contributed by atoms with van der Waals surface area (Å²) in [5.74, 6) is -0.613. The van der Waals surface area contributed by atoms with Crippen molar-refractivity contribution < 1.29 is 24.2 Å². The molecule has 0 fully saturated rings. The van der Waals surface area contributed by atoms with Gasteiger partial charge in [-0.25, -0.2) is 0 Å². The molecule has 0 aromatic heterocycles. The molecular formula is C75H124O5. The molecule has 0 aromatic rings. The van der Waals surface area contributed by atoms with Gasteiger partial charge in [-0.3, -0.25) is 9.59 Å². The third kappa shape index (κ3) is 66.3. The fourth-order valence-electron chi connectivity index (χ4n) is 9.14. The summed E-state index contributed by atoms with van der Waals surface area (Å²) >= 11 is 0. The first-order valence-corrected chi connectivity index (χ1v) is 33.4. The number of unbranched alkanes of at least 4 members (excludes halogenated alkanes) is 28. The van der Waals surface area contributed by atoms with Crippen LogP contribution < -0.4 is 0 Å². The van der Waals surface area contributed by atoms with Crippen LogP contribution in [0.4, 0.5) is 0 Å². The highest BCUT2D eigenvalue weighted by molar-refractivity contribution is 5.70. The molecule has 1 N–H and O–H groups in total. The number of carbonyl (C=O) groups is 2. The molecule has 0 amide bonds. The summed E-state index contributed by atoms with van der Waals surface area (Å²) < 4.78 is 10.7. The normalized spacial score (nSPS) is 13.2. The smallest absolute Gasteiger partial charge is 0.306 e. The molecule has 0 aliphatic heterocycles. The average Bonchev–Trinajstić information content (AvgIpc) is 3.46. The summed E-state index contributed by atoms with van der Waals surface area (Å²) in [6, 6.07) is 0. The Hall–Kier alpha value is -4.22. The van der Waals surface area contributed by atoms with Crippen LogP contribution in [-0.4, -0.2) is 36.4 Å². The van der Waals surface area contributed by atoms with Crippen LogP contribution in [0.5, 0.6) is 0 Å². The van der Waals surface area contributed by atoms with E-state index in [-0.39, 0.29) is 25.2 Å². The third-order valence-electron chi connectivity index (χ3n) is 14.1. The summed E-state index contributed by atoms with van der Waals surface area (Å²) in [5.41, 5.74) is 0. The average molecular weight is 1110 g/mol. The monoisotopic (exact) mass is 1100 g/mol. The van der Waals surface area contributed by atoms with Gasteiger partial charge in [0.25, 0.3) is 0 Å². The molecule has 0 aliphatic carbocycles. The van der Waals surface area contributed by atoms with Gasteiger partial charge in [-0.15, -0.1) is 0 Å². The van der Waals surface area contributed by atoms with E-state index in [9.17, 15) is 14.7 Å². The minimum absolute atomic E-state index is 0.0800. The number of carbonyl (C=O) groups excluding carboxylic acids is 2. The number of ether oxygens (including phenoxy) is 2. The Morgan fingerprint density at radius 1 is 0.300 bits per heavy atom. The van der Waals surface area contributed by atoms with Gasteiger partial charge >= 0.3 is 11.9 Å². The largest absolute Gasteiger partial charge is 0.462 e. The molecule has 5 nitrogen and oxygen atoms in total. The summed E-state index contributed by atoms with van der Waals surface area (Å²) in [5, 5.41) is 9.69. The highest BCUT2D eigenvalue weighted by atomic mass is 16.6. The molecule has 1 unspecified atom stereocenters. The van der Waals surface area contributed by atoms with Gasteiger partial charge in [0.15, 0.2) is 6.10 Å². The van der Waals surface area contributed by atoms with Crippen molar-refractivity contribution in [2.24, 2.45) is 0 Å². The van der Waals surface area contributed by atoms with E-state index in [1.165, 1.54) is 141 Å². The lowest BCUT2D eigenvalue weighted by Crippen LogP contribution is -2.28. The maximum Gasteiger partial charge on any atom is 0.306 e. The molecule has 454 valence electrons. The van der Waals surface area contributed by atoms with E-state index in [4.69, 9.17) is 9.47 Å². The van der Waals surface area contributed by atoms with Crippen molar-refractivity contribution >= 4 is 11.9 Å². The van der Waals surface area contributed by atoms with Crippen molar-refractivity contribution in [1.82, 2.24) is 0 Å². The first-order valence-electron chi connectivity index (χ1n) is 33.4. The standard InChI is InChI=1S/C75H124O5/c1-3-5-7-9-11-13-15-17-19-21-23-25-27-29-31-32-33-34-35-36-37-38-39-40-41-42-44-46-48-50-52-54-56-58-60-62-64-66-68-70-75(78)80-73(71-76)72-79-74(77)69-67-65-63-61-59-57-55-53-51-49-47-45-43-30-28-26-24-22-20-18-16-14-12-10-8-6-4-2/h5,7,11,13,17,19,22-25,29,31,33-34,36-37,39-40,42,44,48,50,54,56,73,76H,3-4,6,8-10,12,14-16,18,20-21,26-28,30,32,35,38,41,43,45-47,49,51-53,55,57-72H2,1-2H3/b7-5-,13-11-,19-17-,24-22-,25-23-,31-29-,34-33-,37-36-,40-39-,44-42-,50-48-,56-54-. The van der Waals surface area contributed by atoms with E-state index in [2.05, 4.69) is 160 Å². The lowest BCUT2D eigenvalue weighted by molar-refractivity contribution is -0.161. The van der Waals surface area contributed by atoms with Crippen LogP contribution in [0.2, 0.25) is 0 Å². The zero-order chi connectivity index (χ0) is 57.6. The predicted molar refractivity (Wildman–Crippen MR) is 352 cm³/mol. The molecule has 0 bridgehead atoms. The van der Waals surface area contributed by atoms with Gasteiger partial charge < -0.3 is 14.6 Å². The Balaban J connectivity index is 3.59. The second-order valence-electron chi connectivity index (χ2n) is 21.8. The second-order valence-corrected chi connectivity index (χ2v) is 21.8. The van der Waals surface area contributed by atoms with E-state index < -0.39 is 6.10 Å². The van der Waals surface area contributed by atoms with Crippen LogP contribution in [0, 0.1) is 0 Å². The van der Waals surface area contributed by atoms with E-state index in [0.717, 1.165) is 128 Å². The van der Waals surface area contributed by atoms with Gasteiger partial charge in [-0.2, -0.15) is 0 Å². The number of aliphatic hydroxyl groups excluding tert-OH is 1. The molecular weight excluding hydrogens is 981 g/mol. The minimum Gasteiger partial charge on any atom is -0.462 e. The number of hydrogen-bond acceptors (Lipinski definition) is 5. The first-order chi connectivity index (χ1) is 39.6. The van der Waals surface area contributed by atoms with Gasteiger partial charge in [-0.1, -0.05) is 307 Å². The highest BCUT2D eigenvalue weighted by Crippen LogP contribution is 2.16. The fraction of sp³-hybridized carbons (Fsp3) is 0.653. The molecule has 0 heterocycles. The molecule has 0 spiro atoms. The van der Waals surface area contributed by atoms with Crippen LogP contribution in [0.1, 0.15) is 296 Å². The number of allylic oxidation sites excluding steroid dienone is 24. The molecule has 0 aliphatic rings. The molecule has 0 rings (SSSR count). The van der Waals surface area contributed by atoms with Gasteiger partial charge in [-0.05, 0) is 122 Å². The van der Waals surface area contributed by atoms with Crippen molar-refractivity contribution in [3.8, 4) is 0 Å². The van der Waals surface area contributed by atoms with Crippen LogP contribution >= 0.6 is 0 Å². The van der Waals surface area contributed by atoms with Crippen LogP contribution in [0.3, 0.4) is 0 Å². The molecule has 0 aromatic carbocycles. The number of esters is 2. The molecule has 1 atom stereocenters. The SMILES string of the molecule is CC/C=C\C/C=C\C/C=C\C/C=C\C/C=C\C/C=C\C/C=C\C/C=C\C/C=C\C/C=C\C/C=C\CCCCCCCC(=O)OC(CO)COC(=O)CCCCCCCCCCCCCCCCC/C=C\CCCCCCCCCC. The highest BCUT2D eigenvalue weighted by Gasteiger charge is 2.16. The molecule has 80 heavy (non-hydrogen) atoms. The van der Waals surface area contributed by atoms with Crippen molar-refractivity contribution in [3.63, 3.8) is 0 Å². The maximum absolute atomic E-state index is 12.3. The van der Waals surface area contributed by atoms with E-state index in [1.807, 2.05) is 0 Å². The quantitative estimate of drug-likeness (QED) is 0.0373. The minimum atomic E-state index is -0.793. The van der Waals surface area contributed by atoms with Crippen LogP contribution in [0.15, 0.2) is 146 Å². The van der Waals surface area contributed by atoms with Crippen molar-refractivity contribution in [2.45, 2.75) is 302 Å². The summed E-state index contributed by atoms with van der Waals surface area (Å²) in [6.45, 7) is 4.03. The first kappa shape index (κ1) is 75.8. The molecule has 0 saturated heterocycles.